The molecule has 1 saturated heterocycles. The number of anilines is 2. The maximum atomic E-state index is 11.7. The molecule has 0 amide bonds. The summed E-state index contributed by atoms with van der Waals surface area (Å²) in [7, 11) is 0. The molecule has 3 atom stereocenters. The lowest BCUT2D eigenvalue weighted by atomic mass is 10.0. The number of H-pyrrole nitrogens is 1. The number of nitrogens with two attached hydrogens (primary N) is 2. The quantitative estimate of drug-likeness (QED) is 0.224. The SMILES string of the molecule is CCc1nc(N)nc(N)c1-c1ccc(Cl)cc1.Cc1cn([C@H]2C[C@H](N=[N+]=[N-])[C@@H](CO)O2)c(=O)[nH]c1=O. The molecule has 0 spiro atoms. The Kier molecular flexibility index (Phi) is 8.67. The van der Waals surface area contributed by atoms with Crippen molar-refractivity contribution in [3.8, 4) is 11.1 Å². The molecule has 14 heteroatoms. The van der Waals surface area contributed by atoms with Crippen LogP contribution in [0.2, 0.25) is 5.02 Å². The summed E-state index contributed by atoms with van der Waals surface area (Å²) in [6, 6.07) is 6.87. The number of hydrogen-bond donors (Lipinski definition) is 4. The van der Waals surface area contributed by atoms with E-state index in [4.69, 9.17) is 38.4 Å². The van der Waals surface area contributed by atoms with Gasteiger partial charge in [0.2, 0.25) is 5.95 Å². The molecule has 0 bridgehead atoms. The summed E-state index contributed by atoms with van der Waals surface area (Å²) in [5.41, 5.74) is 21.9. The number of aliphatic hydroxyl groups excluding tert-OH is 1. The number of azide groups is 1. The molecule has 2 aromatic heterocycles. The molecule has 1 aliphatic heterocycles. The molecule has 0 aliphatic carbocycles. The van der Waals surface area contributed by atoms with Crippen molar-refractivity contribution in [2.45, 2.75) is 45.1 Å². The van der Waals surface area contributed by atoms with Crippen LogP contribution in [0.5, 0.6) is 0 Å². The molecule has 4 rings (SSSR count). The first-order valence-electron chi connectivity index (χ1n) is 11.0. The lowest BCUT2D eigenvalue weighted by molar-refractivity contribution is -0.0271. The second kappa shape index (κ2) is 11.7. The zero-order chi connectivity index (χ0) is 26.4. The molecule has 0 unspecified atom stereocenters. The third-order valence-corrected chi connectivity index (χ3v) is 5.79. The average Bonchev–Trinajstić information content (AvgIpc) is 3.25. The number of benzene rings is 1. The van der Waals surface area contributed by atoms with Crippen LogP contribution >= 0.6 is 11.6 Å². The van der Waals surface area contributed by atoms with E-state index in [1.807, 2.05) is 31.2 Å². The Labute approximate surface area is 210 Å². The average molecular weight is 516 g/mol. The van der Waals surface area contributed by atoms with Gasteiger partial charge in [-0.15, -0.1) is 0 Å². The van der Waals surface area contributed by atoms with Crippen molar-refractivity contribution in [2.24, 2.45) is 5.11 Å². The van der Waals surface area contributed by atoms with Crippen LogP contribution in [0.3, 0.4) is 0 Å². The maximum Gasteiger partial charge on any atom is 0.330 e. The molecule has 13 nitrogen and oxygen atoms in total. The zero-order valence-corrected chi connectivity index (χ0v) is 20.4. The van der Waals surface area contributed by atoms with E-state index in [0.717, 1.165) is 23.2 Å². The molecule has 1 fully saturated rings. The summed E-state index contributed by atoms with van der Waals surface area (Å²) < 4.78 is 6.69. The first-order chi connectivity index (χ1) is 17.2. The summed E-state index contributed by atoms with van der Waals surface area (Å²) >= 11 is 5.86. The number of halogens is 1. The number of nitrogens with one attached hydrogen (secondary N) is 1. The first kappa shape index (κ1) is 26.7. The normalized spacial score (nSPS) is 18.7. The molecule has 1 aromatic carbocycles. The molecule has 0 radical (unpaired) electrons. The fourth-order valence-corrected chi connectivity index (χ4v) is 3.90. The Morgan fingerprint density at radius 3 is 2.61 bits per heavy atom. The van der Waals surface area contributed by atoms with Gasteiger partial charge in [-0.25, -0.2) is 9.78 Å². The van der Waals surface area contributed by atoms with Gasteiger partial charge >= 0.3 is 5.69 Å². The monoisotopic (exact) mass is 515 g/mol. The fourth-order valence-electron chi connectivity index (χ4n) is 3.77. The van der Waals surface area contributed by atoms with Crippen LogP contribution in [0.4, 0.5) is 11.8 Å². The minimum Gasteiger partial charge on any atom is -0.394 e. The van der Waals surface area contributed by atoms with Gasteiger partial charge < -0.3 is 21.3 Å². The highest BCUT2D eigenvalue weighted by Crippen LogP contribution is 2.30. The lowest BCUT2D eigenvalue weighted by Gasteiger charge is -2.14. The summed E-state index contributed by atoms with van der Waals surface area (Å²) in [6.07, 6.45) is 1.07. The standard InChI is InChI=1S/C12H13ClN4.C10H13N5O4/c1-2-9-10(11(14)17-12(15)16-9)7-3-5-8(13)6-4-7;1-5-3-15(10(18)12-9(5)17)8-2-6(13-14-11)7(4-16)19-8/h3-6H,2H2,1H3,(H4,14,15,16,17);3,6-8,16H,2,4H2,1H3,(H,12,17,18)/t;6-,7+,8+/m.0/s1. The van der Waals surface area contributed by atoms with Crippen LogP contribution in [0, 0.1) is 6.92 Å². The number of aromatic nitrogens is 4. The summed E-state index contributed by atoms with van der Waals surface area (Å²) in [5, 5.41) is 13.4. The van der Waals surface area contributed by atoms with Crippen LogP contribution < -0.4 is 22.7 Å². The molecule has 36 heavy (non-hydrogen) atoms. The third kappa shape index (κ3) is 6.01. The highest BCUT2D eigenvalue weighted by Gasteiger charge is 2.35. The molecular weight excluding hydrogens is 490 g/mol. The Balaban J connectivity index is 0.000000202. The Hall–Kier alpha value is -3.90. The van der Waals surface area contributed by atoms with Crippen LogP contribution in [-0.4, -0.2) is 43.4 Å². The van der Waals surface area contributed by atoms with Gasteiger partial charge in [0.25, 0.3) is 5.56 Å². The van der Waals surface area contributed by atoms with Crippen LogP contribution in [0.25, 0.3) is 21.6 Å². The summed E-state index contributed by atoms with van der Waals surface area (Å²) in [4.78, 5) is 36.0. The van der Waals surface area contributed by atoms with Crippen molar-refractivity contribution < 1.29 is 9.84 Å². The van der Waals surface area contributed by atoms with Crippen LogP contribution in [0.1, 0.15) is 30.8 Å². The minimum atomic E-state index is -0.671. The number of hydrogen-bond acceptors (Lipinski definition) is 9. The van der Waals surface area contributed by atoms with Gasteiger partial charge in [-0.3, -0.25) is 14.3 Å². The van der Waals surface area contributed by atoms with E-state index in [1.165, 1.54) is 10.8 Å². The predicted molar refractivity (Wildman–Crippen MR) is 135 cm³/mol. The van der Waals surface area contributed by atoms with Crippen molar-refractivity contribution in [3.05, 3.63) is 78.0 Å². The molecule has 0 saturated carbocycles. The van der Waals surface area contributed by atoms with Crippen molar-refractivity contribution >= 4 is 23.4 Å². The highest BCUT2D eigenvalue weighted by molar-refractivity contribution is 6.30. The van der Waals surface area contributed by atoms with E-state index in [-0.39, 0.29) is 19.0 Å². The second-order valence-corrected chi connectivity index (χ2v) is 8.38. The van der Waals surface area contributed by atoms with E-state index in [2.05, 4.69) is 25.0 Å². The zero-order valence-electron chi connectivity index (χ0n) is 19.6. The van der Waals surface area contributed by atoms with Crippen LogP contribution in [-0.2, 0) is 11.2 Å². The van der Waals surface area contributed by atoms with Gasteiger partial charge in [-0.2, -0.15) is 4.98 Å². The summed E-state index contributed by atoms with van der Waals surface area (Å²) in [5.74, 6) is 0.605. The third-order valence-electron chi connectivity index (χ3n) is 5.54. The van der Waals surface area contributed by atoms with Gasteiger partial charge in [0.15, 0.2) is 0 Å². The largest absolute Gasteiger partial charge is 0.394 e. The van der Waals surface area contributed by atoms with Gasteiger partial charge in [0.1, 0.15) is 12.0 Å². The van der Waals surface area contributed by atoms with Crippen molar-refractivity contribution in [2.75, 3.05) is 18.1 Å². The van der Waals surface area contributed by atoms with E-state index >= 15 is 0 Å². The number of aliphatic hydroxyl groups is 1. The molecule has 1 aliphatic rings. The van der Waals surface area contributed by atoms with E-state index in [0.29, 0.717) is 16.4 Å². The Bertz CT molecular complexity index is 1380. The van der Waals surface area contributed by atoms with Gasteiger partial charge in [-0.1, -0.05) is 35.8 Å². The maximum absolute atomic E-state index is 11.7. The Morgan fingerprint density at radius 1 is 1.31 bits per heavy atom. The number of aromatic amines is 1. The van der Waals surface area contributed by atoms with E-state index in [9.17, 15) is 9.59 Å². The van der Waals surface area contributed by atoms with Gasteiger partial charge in [0.05, 0.1) is 24.4 Å². The number of aryl methyl sites for hydroxylation is 2. The van der Waals surface area contributed by atoms with Crippen LogP contribution in [0.15, 0.2) is 45.2 Å². The molecule has 190 valence electrons. The van der Waals surface area contributed by atoms with Gasteiger partial charge in [-0.05, 0) is 36.6 Å². The van der Waals surface area contributed by atoms with E-state index in [1.54, 1.807) is 6.92 Å². The minimum absolute atomic E-state index is 0.206. The van der Waals surface area contributed by atoms with Gasteiger partial charge in [0, 0.05) is 33.7 Å². The fraction of sp³-hybridized carbons (Fsp3) is 0.364. The van der Waals surface area contributed by atoms with E-state index < -0.39 is 29.6 Å². The number of ether oxygens (including phenoxy) is 1. The second-order valence-electron chi connectivity index (χ2n) is 7.95. The molecular formula is C22H26ClN9O4. The van der Waals surface area contributed by atoms with Crippen molar-refractivity contribution in [1.82, 2.24) is 19.5 Å². The predicted octanol–water partition coefficient (Wildman–Crippen LogP) is 2.33. The lowest BCUT2D eigenvalue weighted by Crippen LogP contribution is -2.33. The number of rotatable bonds is 5. The number of nitrogens with zero attached hydrogens (tertiary/aromatic N) is 6. The Morgan fingerprint density at radius 2 is 2.00 bits per heavy atom. The topological polar surface area (TPSA) is 211 Å². The molecule has 3 heterocycles. The van der Waals surface area contributed by atoms with Crippen molar-refractivity contribution in [3.63, 3.8) is 0 Å². The highest BCUT2D eigenvalue weighted by atomic mass is 35.5. The molecule has 6 N–H and O–H groups in total. The summed E-state index contributed by atoms with van der Waals surface area (Å²) in [6.45, 7) is 3.26. The smallest absolute Gasteiger partial charge is 0.330 e. The number of nitrogen functional groups attached to an aromatic ring is 2. The first-order valence-corrected chi connectivity index (χ1v) is 11.4. The molecule has 3 aromatic rings. The van der Waals surface area contributed by atoms with Crippen molar-refractivity contribution in [1.29, 1.82) is 0 Å².